The molecular weight excluding hydrogens is 210 g/mol. The molecule has 1 rings (SSSR count). The Labute approximate surface area is 94.4 Å². The van der Waals surface area contributed by atoms with Crippen LogP contribution in [0.2, 0.25) is 0 Å². The minimum Gasteiger partial charge on any atom is -0.478 e. The molecule has 1 amide bonds. The van der Waals surface area contributed by atoms with Crippen molar-refractivity contribution in [3.8, 4) is 0 Å². The van der Waals surface area contributed by atoms with E-state index in [0.717, 1.165) is 31.4 Å². The third-order valence-corrected chi connectivity index (χ3v) is 2.91. The molecule has 0 spiro atoms. The second-order valence-corrected chi connectivity index (χ2v) is 4.04. The zero-order valence-corrected chi connectivity index (χ0v) is 9.30. The molecule has 5 heteroatoms. The summed E-state index contributed by atoms with van der Waals surface area (Å²) in [5.41, 5.74) is 0. The number of carbonyl (C=O) groups is 2. The average molecular weight is 227 g/mol. The molecule has 0 aromatic rings. The highest BCUT2D eigenvalue weighted by atomic mass is 16.4. The Hall–Kier alpha value is -1.36. The van der Waals surface area contributed by atoms with E-state index in [-0.39, 0.29) is 11.9 Å². The third-order valence-electron chi connectivity index (χ3n) is 2.91. The van der Waals surface area contributed by atoms with Crippen LogP contribution in [0.3, 0.4) is 0 Å². The summed E-state index contributed by atoms with van der Waals surface area (Å²) in [5, 5.41) is 18.1. The SMILES string of the molecule is CN(C(=O)/C=C/C(=O)O)C1CCCCC1O. The smallest absolute Gasteiger partial charge is 0.328 e. The maximum absolute atomic E-state index is 11.6. The quantitative estimate of drug-likeness (QED) is 0.684. The Balaban J connectivity index is 2.58. The third kappa shape index (κ3) is 3.34. The van der Waals surface area contributed by atoms with Crippen LogP contribution in [0.1, 0.15) is 25.7 Å². The van der Waals surface area contributed by atoms with Crippen LogP contribution in [0.15, 0.2) is 12.2 Å². The number of likely N-dealkylation sites (N-methyl/N-ethyl adjacent to an activating group) is 1. The Morgan fingerprint density at radius 3 is 2.44 bits per heavy atom. The van der Waals surface area contributed by atoms with Crippen LogP contribution < -0.4 is 0 Å². The molecule has 0 radical (unpaired) electrons. The molecule has 1 aliphatic carbocycles. The van der Waals surface area contributed by atoms with E-state index in [9.17, 15) is 14.7 Å². The molecule has 0 heterocycles. The van der Waals surface area contributed by atoms with Gasteiger partial charge in [0.25, 0.3) is 0 Å². The van der Waals surface area contributed by atoms with Crippen molar-refractivity contribution in [3.63, 3.8) is 0 Å². The van der Waals surface area contributed by atoms with Crippen molar-refractivity contribution >= 4 is 11.9 Å². The van der Waals surface area contributed by atoms with Gasteiger partial charge in [0, 0.05) is 19.2 Å². The molecule has 0 aliphatic heterocycles. The Kier molecular flexibility index (Phi) is 4.49. The van der Waals surface area contributed by atoms with Crippen molar-refractivity contribution in [3.05, 3.63) is 12.2 Å². The van der Waals surface area contributed by atoms with E-state index in [1.54, 1.807) is 7.05 Å². The molecule has 0 bridgehead atoms. The maximum Gasteiger partial charge on any atom is 0.328 e. The first-order chi connectivity index (χ1) is 7.52. The van der Waals surface area contributed by atoms with Crippen LogP contribution in [-0.2, 0) is 9.59 Å². The Morgan fingerprint density at radius 2 is 1.88 bits per heavy atom. The van der Waals surface area contributed by atoms with Gasteiger partial charge in [-0.3, -0.25) is 4.79 Å². The van der Waals surface area contributed by atoms with Gasteiger partial charge in [-0.25, -0.2) is 4.79 Å². The van der Waals surface area contributed by atoms with Crippen LogP contribution in [0.5, 0.6) is 0 Å². The van der Waals surface area contributed by atoms with Crippen molar-refractivity contribution in [2.24, 2.45) is 0 Å². The highest BCUT2D eigenvalue weighted by Crippen LogP contribution is 2.22. The number of carbonyl (C=O) groups excluding carboxylic acids is 1. The highest BCUT2D eigenvalue weighted by molar-refractivity contribution is 5.93. The lowest BCUT2D eigenvalue weighted by Gasteiger charge is -2.34. The van der Waals surface area contributed by atoms with E-state index in [1.165, 1.54) is 4.90 Å². The summed E-state index contributed by atoms with van der Waals surface area (Å²) < 4.78 is 0. The molecule has 0 aromatic carbocycles. The summed E-state index contributed by atoms with van der Waals surface area (Å²) in [4.78, 5) is 23.2. The predicted octanol–water partition coefficient (Wildman–Crippen LogP) is 0.389. The molecule has 2 unspecified atom stereocenters. The van der Waals surface area contributed by atoms with Gasteiger partial charge in [-0.15, -0.1) is 0 Å². The zero-order chi connectivity index (χ0) is 12.1. The average Bonchev–Trinajstić information content (AvgIpc) is 2.25. The summed E-state index contributed by atoms with van der Waals surface area (Å²) in [7, 11) is 1.59. The maximum atomic E-state index is 11.6. The van der Waals surface area contributed by atoms with Crippen molar-refractivity contribution in [1.29, 1.82) is 0 Å². The summed E-state index contributed by atoms with van der Waals surface area (Å²) in [6.07, 6.45) is 4.76. The molecule has 1 aliphatic rings. The van der Waals surface area contributed by atoms with Crippen molar-refractivity contribution in [1.82, 2.24) is 4.90 Å². The van der Waals surface area contributed by atoms with Gasteiger partial charge in [0.2, 0.25) is 5.91 Å². The van der Waals surface area contributed by atoms with Crippen LogP contribution in [-0.4, -0.2) is 46.2 Å². The standard InChI is InChI=1S/C11H17NO4/c1-12(10(14)6-7-11(15)16)8-4-2-3-5-9(8)13/h6-9,13H,2-5H2,1H3,(H,15,16)/b7-6+. The lowest BCUT2D eigenvalue weighted by atomic mass is 9.91. The molecule has 1 saturated carbocycles. The summed E-state index contributed by atoms with van der Waals surface area (Å²) in [6.45, 7) is 0. The van der Waals surface area contributed by atoms with Gasteiger partial charge in [-0.2, -0.15) is 0 Å². The number of amides is 1. The second-order valence-electron chi connectivity index (χ2n) is 4.04. The number of aliphatic hydroxyl groups excluding tert-OH is 1. The first kappa shape index (κ1) is 12.7. The van der Waals surface area contributed by atoms with Crippen molar-refractivity contribution in [2.45, 2.75) is 37.8 Å². The van der Waals surface area contributed by atoms with E-state index >= 15 is 0 Å². The Bertz CT molecular complexity index is 300. The monoisotopic (exact) mass is 227 g/mol. The summed E-state index contributed by atoms with van der Waals surface area (Å²) in [5.74, 6) is -1.53. The summed E-state index contributed by atoms with van der Waals surface area (Å²) >= 11 is 0. The number of aliphatic hydroxyl groups is 1. The second kappa shape index (κ2) is 5.65. The van der Waals surface area contributed by atoms with Crippen LogP contribution in [0.4, 0.5) is 0 Å². The van der Waals surface area contributed by atoms with Gasteiger partial charge in [0.1, 0.15) is 0 Å². The minimum absolute atomic E-state index is 0.195. The number of nitrogens with zero attached hydrogens (tertiary/aromatic N) is 1. The predicted molar refractivity (Wildman–Crippen MR) is 57.8 cm³/mol. The lowest BCUT2D eigenvalue weighted by molar-refractivity contribution is -0.133. The molecular formula is C11H17NO4. The number of hydrogen-bond donors (Lipinski definition) is 2. The van der Waals surface area contributed by atoms with Gasteiger partial charge >= 0.3 is 5.97 Å². The van der Waals surface area contributed by atoms with E-state index in [1.807, 2.05) is 0 Å². The Morgan fingerprint density at radius 1 is 1.25 bits per heavy atom. The topological polar surface area (TPSA) is 77.8 Å². The molecule has 5 nitrogen and oxygen atoms in total. The summed E-state index contributed by atoms with van der Waals surface area (Å²) in [6, 6.07) is -0.195. The molecule has 90 valence electrons. The van der Waals surface area contributed by atoms with Crippen LogP contribution in [0.25, 0.3) is 0 Å². The van der Waals surface area contributed by atoms with E-state index in [4.69, 9.17) is 5.11 Å². The molecule has 0 aromatic heterocycles. The number of carboxylic acids is 1. The molecule has 2 atom stereocenters. The van der Waals surface area contributed by atoms with Gasteiger partial charge in [-0.1, -0.05) is 12.8 Å². The van der Waals surface area contributed by atoms with Crippen molar-refractivity contribution in [2.75, 3.05) is 7.05 Å². The fourth-order valence-electron chi connectivity index (χ4n) is 1.97. The molecule has 0 saturated heterocycles. The number of carboxylic acid groups (broad SMARTS) is 1. The van der Waals surface area contributed by atoms with Crippen LogP contribution >= 0.6 is 0 Å². The normalized spacial score (nSPS) is 25.6. The fraction of sp³-hybridized carbons (Fsp3) is 0.636. The van der Waals surface area contributed by atoms with Crippen molar-refractivity contribution < 1.29 is 19.8 Å². The number of hydrogen-bond acceptors (Lipinski definition) is 3. The molecule has 2 N–H and O–H groups in total. The van der Waals surface area contributed by atoms with Gasteiger partial charge in [-0.05, 0) is 12.8 Å². The number of aliphatic carboxylic acids is 1. The van der Waals surface area contributed by atoms with Crippen LogP contribution in [0, 0.1) is 0 Å². The molecule has 1 fully saturated rings. The van der Waals surface area contributed by atoms with Gasteiger partial charge in [0.15, 0.2) is 0 Å². The number of rotatable bonds is 3. The van der Waals surface area contributed by atoms with E-state index in [2.05, 4.69) is 0 Å². The first-order valence-corrected chi connectivity index (χ1v) is 5.38. The lowest BCUT2D eigenvalue weighted by Crippen LogP contribution is -2.45. The molecule has 16 heavy (non-hydrogen) atoms. The zero-order valence-electron chi connectivity index (χ0n) is 9.30. The largest absolute Gasteiger partial charge is 0.478 e. The van der Waals surface area contributed by atoms with Gasteiger partial charge < -0.3 is 15.1 Å². The van der Waals surface area contributed by atoms with E-state index in [0.29, 0.717) is 6.42 Å². The van der Waals surface area contributed by atoms with Gasteiger partial charge in [0.05, 0.1) is 12.1 Å². The minimum atomic E-state index is -1.15. The first-order valence-electron chi connectivity index (χ1n) is 5.38. The fourth-order valence-corrected chi connectivity index (χ4v) is 1.97. The van der Waals surface area contributed by atoms with E-state index < -0.39 is 12.1 Å². The highest BCUT2D eigenvalue weighted by Gasteiger charge is 2.28.